The molecule has 4 amide bonds. The topological polar surface area (TPSA) is 125 Å². The Balaban J connectivity index is 1.87. The molecule has 206 valence electrons. The zero-order chi connectivity index (χ0) is 27.7. The number of nitrogens with zero attached hydrogens (tertiary/aromatic N) is 1. The van der Waals surface area contributed by atoms with Gasteiger partial charge in [-0.15, -0.1) is 0 Å². The third-order valence-electron chi connectivity index (χ3n) is 7.25. The minimum absolute atomic E-state index is 0.0446. The molecule has 2 aliphatic rings. The van der Waals surface area contributed by atoms with Crippen LogP contribution in [-0.2, 0) is 30.4 Å². The Morgan fingerprint density at radius 1 is 1.08 bits per heavy atom. The van der Waals surface area contributed by atoms with Crippen LogP contribution in [0.4, 0.5) is 4.39 Å². The first-order chi connectivity index (χ1) is 18.2. The number of fused-ring (bicyclic) bond motifs is 1. The average molecular weight is 529 g/mol. The van der Waals surface area contributed by atoms with Crippen LogP contribution in [0.1, 0.15) is 57.9 Å². The third-order valence-corrected chi connectivity index (χ3v) is 7.25. The Bertz CT molecular complexity index is 1060. The maximum absolute atomic E-state index is 13.7. The number of ketones is 1. The number of amides is 4. The lowest BCUT2D eigenvalue weighted by atomic mass is 9.94. The predicted octanol–water partition coefficient (Wildman–Crippen LogP) is 1.75. The van der Waals surface area contributed by atoms with Gasteiger partial charge in [-0.3, -0.25) is 24.0 Å². The van der Waals surface area contributed by atoms with E-state index in [1.165, 1.54) is 11.0 Å². The van der Waals surface area contributed by atoms with E-state index in [9.17, 15) is 28.4 Å². The second-order valence-electron chi connectivity index (χ2n) is 10.1. The van der Waals surface area contributed by atoms with Crippen molar-refractivity contribution in [1.82, 2.24) is 20.9 Å². The molecule has 0 spiro atoms. The molecule has 0 aromatic heterocycles. The third kappa shape index (κ3) is 7.26. The van der Waals surface area contributed by atoms with Gasteiger partial charge < -0.3 is 20.9 Å². The van der Waals surface area contributed by atoms with Crippen LogP contribution in [0.3, 0.4) is 0 Å². The normalized spacial score (nSPS) is 26.7. The van der Waals surface area contributed by atoms with Gasteiger partial charge in [0.2, 0.25) is 23.6 Å². The molecular weight excluding hydrogens is 491 g/mol. The molecule has 1 aromatic rings. The summed E-state index contributed by atoms with van der Waals surface area (Å²) in [6.45, 7) is 2.70. The van der Waals surface area contributed by atoms with Gasteiger partial charge in [-0.1, -0.05) is 49.4 Å². The van der Waals surface area contributed by atoms with Crippen LogP contribution in [0.25, 0.3) is 0 Å². The molecule has 0 saturated carbocycles. The maximum Gasteiger partial charge on any atom is 0.246 e. The first-order valence-corrected chi connectivity index (χ1v) is 13.2. The smallest absolute Gasteiger partial charge is 0.246 e. The van der Waals surface area contributed by atoms with Crippen LogP contribution in [0, 0.1) is 0 Å². The first kappa shape index (κ1) is 29.0. The Labute approximate surface area is 222 Å². The maximum atomic E-state index is 13.7. The highest BCUT2D eigenvalue weighted by Gasteiger charge is 2.43. The molecule has 2 saturated heterocycles. The van der Waals surface area contributed by atoms with Gasteiger partial charge in [-0.2, -0.15) is 0 Å². The van der Waals surface area contributed by atoms with Crippen LogP contribution >= 0.6 is 0 Å². The number of rotatable bonds is 9. The second-order valence-corrected chi connectivity index (χ2v) is 10.1. The van der Waals surface area contributed by atoms with Crippen molar-refractivity contribution in [2.24, 2.45) is 0 Å². The fourth-order valence-electron chi connectivity index (χ4n) is 4.72. The van der Waals surface area contributed by atoms with E-state index in [2.05, 4.69) is 16.0 Å². The van der Waals surface area contributed by atoms with Crippen LogP contribution < -0.4 is 16.0 Å². The monoisotopic (exact) mass is 528 g/mol. The van der Waals surface area contributed by atoms with Crippen molar-refractivity contribution < 1.29 is 28.4 Å². The largest absolute Gasteiger partial charge is 0.343 e. The molecule has 0 aliphatic carbocycles. The van der Waals surface area contributed by atoms with E-state index in [-0.39, 0.29) is 31.6 Å². The number of Topliss-reactive ketones (excluding diaryl/α,β-unsaturated/α-hetero) is 1. The number of nitrogens with one attached hydrogen (secondary N) is 3. The lowest BCUT2D eigenvalue weighted by molar-refractivity contribution is -0.144. The predicted molar refractivity (Wildman–Crippen MR) is 140 cm³/mol. The van der Waals surface area contributed by atoms with Crippen molar-refractivity contribution in [2.75, 3.05) is 13.2 Å². The van der Waals surface area contributed by atoms with Crippen molar-refractivity contribution in [2.45, 2.75) is 82.5 Å². The van der Waals surface area contributed by atoms with Crippen molar-refractivity contribution in [1.29, 1.82) is 0 Å². The zero-order valence-electron chi connectivity index (χ0n) is 22.0. The minimum atomic E-state index is -1.32. The average Bonchev–Trinajstić information content (AvgIpc) is 3.41. The van der Waals surface area contributed by atoms with E-state index >= 15 is 0 Å². The second kappa shape index (κ2) is 13.3. The van der Waals surface area contributed by atoms with Gasteiger partial charge in [0.1, 0.15) is 30.3 Å². The molecule has 3 rings (SSSR count). The van der Waals surface area contributed by atoms with Gasteiger partial charge in [0.25, 0.3) is 0 Å². The standard InChI is InChI=1S/C28H37FN4O5/c1-3-28(2)27(38)31-22(17-19-11-6-4-7-12-19)26(37)33-16-10-15-23(33)25(36)30-21(24(35)32-28)14-9-5-8-13-20(34)18-29/h4-8,11-12,21-23H,3,9-10,13-18H2,1-2H3,(H,30,36)(H,31,38)(H,32,35)/t21-,22-,23+,28-/m0/s1. The molecule has 9 nitrogen and oxygen atoms in total. The van der Waals surface area contributed by atoms with Gasteiger partial charge in [-0.25, -0.2) is 4.39 Å². The minimum Gasteiger partial charge on any atom is -0.343 e. The summed E-state index contributed by atoms with van der Waals surface area (Å²) in [4.78, 5) is 66.5. The van der Waals surface area contributed by atoms with E-state index in [1.807, 2.05) is 30.3 Å². The summed E-state index contributed by atoms with van der Waals surface area (Å²) in [7, 11) is 0. The van der Waals surface area contributed by atoms with Crippen molar-refractivity contribution >= 4 is 29.4 Å². The summed E-state index contributed by atoms with van der Waals surface area (Å²) in [5.41, 5.74) is -0.454. The van der Waals surface area contributed by atoms with E-state index < -0.39 is 53.8 Å². The summed E-state index contributed by atoms with van der Waals surface area (Å²) < 4.78 is 12.4. The summed E-state index contributed by atoms with van der Waals surface area (Å²) in [5.74, 6) is -2.28. The zero-order valence-corrected chi connectivity index (χ0v) is 22.0. The highest BCUT2D eigenvalue weighted by atomic mass is 19.1. The van der Waals surface area contributed by atoms with Gasteiger partial charge >= 0.3 is 0 Å². The van der Waals surface area contributed by atoms with Gasteiger partial charge in [-0.05, 0) is 44.6 Å². The molecule has 2 heterocycles. The quantitative estimate of drug-likeness (QED) is 0.421. The Kier molecular flexibility index (Phi) is 10.2. The van der Waals surface area contributed by atoms with E-state index in [0.717, 1.165) is 5.56 Å². The molecule has 2 fully saturated rings. The lowest BCUT2D eigenvalue weighted by Crippen LogP contribution is -2.65. The van der Waals surface area contributed by atoms with Crippen molar-refractivity contribution in [3.05, 3.63) is 48.0 Å². The highest BCUT2D eigenvalue weighted by Crippen LogP contribution is 2.22. The Morgan fingerprint density at radius 2 is 1.82 bits per heavy atom. The molecule has 2 aliphatic heterocycles. The molecule has 0 bridgehead atoms. The molecule has 0 unspecified atom stereocenters. The Hall–Kier alpha value is -3.56. The Morgan fingerprint density at radius 3 is 2.50 bits per heavy atom. The fourth-order valence-corrected chi connectivity index (χ4v) is 4.72. The van der Waals surface area contributed by atoms with Gasteiger partial charge in [0.05, 0.1) is 0 Å². The number of alkyl halides is 1. The summed E-state index contributed by atoms with van der Waals surface area (Å²) in [6, 6.07) is 6.72. The lowest BCUT2D eigenvalue weighted by Gasteiger charge is -2.35. The number of benzene rings is 1. The molecule has 10 heteroatoms. The van der Waals surface area contributed by atoms with Crippen LogP contribution in [0.5, 0.6) is 0 Å². The van der Waals surface area contributed by atoms with Crippen molar-refractivity contribution in [3.63, 3.8) is 0 Å². The first-order valence-electron chi connectivity index (χ1n) is 13.2. The number of carbonyl (C=O) groups excluding carboxylic acids is 5. The van der Waals surface area contributed by atoms with E-state index in [0.29, 0.717) is 25.8 Å². The molecule has 38 heavy (non-hydrogen) atoms. The summed E-state index contributed by atoms with van der Waals surface area (Å²) in [6.07, 6.45) is 5.30. The molecule has 3 N–H and O–H groups in total. The molecule has 0 radical (unpaired) electrons. The molecule has 1 aromatic carbocycles. The molecule has 4 atom stereocenters. The van der Waals surface area contributed by atoms with Gasteiger partial charge in [0.15, 0.2) is 5.78 Å². The molecular formula is C28H37FN4O5. The SMILES string of the molecule is CC[C@]1(C)NC(=O)[C@H](CCC=CCC(=O)CF)NC(=O)[C@H]2CCCN2C(=O)[C@H](Cc2ccccc2)NC1=O. The fraction of sp³-hybridized carbons (Fsp3) is 0.536. The van der Waals surface area contributed by atoms with Crippen LogP contribution in [0.15, 0.2) is 42.5 Å². The van der Waals surface area contributed by atoms with E-state index in [1.54, 1.807) is 19.9 Å². The number of carbonyl (C=O) groups is 5. The number of hydrogen-bond donors (Lipinski definition) is 3. The highest BCUT2D eigenvalue weighted by molar-refractivity contribution is 5.99. The number of halogens is 1. The number of hydrogen-bond acceptors (Lipinski definition) is 5. The van der Waals surface area contributed by atoms with Crippen LogP contribution in [0.2, 0.25) is 0 Å². The van der Waals surface area contributed by atoms with E-state index in [4.69, 9.17) is 0 Å². The number of allylic oxidation sites excluding steroid dienone is 2. The van der Waals surface area contributed by atoms with Gasteiger partial charge in [0, 0.05) is 19.4 Å². The summed E-state index contributed by atoms with van der Waals surface area (Å²) >= 11 is 0. The van der Waals surface area contributed by atoms with Crippen molar-refractivity contribution in [3.8, 4) is 0 Å². The van der Waals surface area contributed by atoms with Crippen LogP contribution in [-0.4, -0.2) is 71.2 Å². The summed E-state index contributed by atoms with van der Waals surface area (Å²) in [5, 5.41) is 8.44.